The first-order valence-electron chi connectivity index (χ1n) is 10.3. The van der Waals surface area contributed by atoms with Crippen molar-refractivity contribution in [2.45, 2.75) is 19.3 Å². The number of hydrogen-bond donors (Lipinski definition) is 1. The number of nitrogens with zero attached hydrogens (tertiary/aromatic N) is 3. The quantitative estimate of drug-likeness (QED) is 0.452. The van der Waals surface area contributed by atoms with Crippen molar-refractivity contribution in [2.75, 3.05) is 13.1 Å². The molecule has 2 heterocycles. The summed E-state index contributed by atoms with van der Waals surface area (Å²) in [5.41, 5.74) is 3.21. The zero-order chi connectivity index (χ0) is 21.8. The van der Waals surface area contributed by atoms with Crippen molar-refractivity contribution in [2.24, 2.45) is 7.05 Å². The highest BCUT2D eigenvalue weighted by Crippen LogP contribution is 2.24. The number of rotatable bonds is 8. The Bertz CT molecular complexity index is 1120. The van der Waals surface area contributed by atoms with Gasteiger partial charge in [-0.25, -0.2) is 0 Å². The first-order valence-corrected chi connectivity index (χ1v) is 10.3. The average Bonchev–Trinajstić information content (AvgIpc) is 3.31. The molecular formula is C24H24N4O3. The number of imide groups is 1. The van der Waals surface area contributed by atoms with Crippen molar-refractivity contribution < 1.29 is 14.4 Å². The van der Waals surface area contributed by atoms with Gasteiger partial charge in [0.05, 0.1) is 17.3 Å². The van der Waals surface area contributed by atoms with Gasteiger partial charge in [0.2, 0.25) is 0 Å². The van der Waals surface area contributed by atoms with Crippen molar-refractivity contribution in [1.29, 1.82) is 0 Å². The van der Waals surface area contributed by atoms with E-state index in [1.807, 2.05) is 49.8 Å². The van der Waals surface area contributed by atoms with E-state index in [9.17, 15) is 14.4 Å². The SMILES string of the molecule is Cn1cc(CCCNC(=O)c2ccc3c(c2)C(=O)N(CCc2ccccc2)C3=O)cn1. The van der Waals surface area contributed by atoms with Crippen LogP contribution in [0.4, 0.5) is 0 Å². The summed E-state index contributed by atoms with van der Waals surface area (Å²) in [6.45, 7) is 0.827. The summed E-state index contributed by atoms with van der Waals surface area (Å²) in [4.78, 5) is 39.2. The summed E-state index contributed by atoms with van der Waals surface area (Å²) >= 11 is 0. The zero-order valence-electron chi connectivity index (χ0n) is 17.4. The number of amides is 3. The van der Waals surface area contributed by atoms with E-state index in [-0.39, 0.29) is 17.7 Å². The molecule has 0 spiro atoms. The minimum atomic E-state index is -0.345. The summed E-state index contributed by atoms with van der Waals surface area (Å²) in [6, 6.07) is 14.4. The Labute approximate surface area is 180 Å². The van der Waals surface area contributed by atoms with Crippen LogP contribution in [0.5, 0.6) is 0 Å². The standard InChI is InChI=1S/C24H24N4O3/c1-27-16-18(15-26-27)8-5-12-25-22(29)19-9-10-20-21(14-19)24(31)28(23(20)30)13-11-17-6-3-2-4-7-17/h2-4,6-7,9-10,14-16H,5,8,11-13H2,1H3,(H,25,29). The molecule has 3 aromatic rings. The molecule has 158 valence electrons. The molecule has 1 aliphatic heterocycles. The minimum Gasteiger partial charge on any atom is -0.352 e. The molecular weight excluding hydrogens is 392 g/mol. The Kier molecular flexibility index (Phi) is 5.93. The fourth-order valence-corrected chi connectivity index (χ4v) is 3.72. The first-order chi connectivity index (χ1) is 15.0. The van der Waals surface area contributed by atoms with Gasteiger partial charge in [-0.3, -0.25) is 24.0 Å². The summed E-state index contributed by atoms with van der Waals surface area (Å²) in [5.74, 6) is -0.904. The normalized spacial score (nSPS) is 12.9. The van der Waals surface area contributed by atoms with Crippen molar-refractivity contribution in [3.8, 4) is 0 Å². The lowest BCUT2D eigenvalue weighted by atomic mass is 10.1. The van der Waals surface area contributed by atoms with E-state index in [1.165, 1.54) is 11.0 Å². The number of carbonyl (C=O) groups is 3. The van der Waals surface area contributed by atoms with E-state index in [0.29, 0.717) is 36.2 Å². The Hall–Kier alpha value is -3.74. The maximum atomic E-state index is 12.8. The van der Waals surface area contributed by atoms with E-state index < -0.39 is 0 Å². The molecule has 7 heteroatoms. The summed E-state index contributed by atoms with van der Waals surface area (Å²) in [5, 5.41) is 7.00. The van der Waals surface area contributed by atoms with Gasteiger partial charge in [-0.05, 0) is 48.6 Å². The molecule has 0 saturated heterocycles. The number of aromatic nitrogens is 2. The van der Waals surface area contributed by atoms with Gasteiger partial charge in [0.1, 0.15) is 0 Å². The third-order valence-corrected chi connectivity index (χ3v) is 5.39. The van der Waals surface area contributed by atoms with Gasteiger partial charge in [0, 0.05) is 31.9 Å². The molecule has 31 heavy (non-hydrogen) atoms. The molecule has 0 fully saturated rings. The molecule has 2 aromatic carbocycles. The topological polar surface area (TPSA) is 84.3 Å². The maximum Gasteiger partial charge on any atom is 0.261 e. The van der Waals surface area contributed by atoms with E-state index in [2.05, 4.69) is 10.4 Å². The van der Waals surface area contributed by atoms with Gasteiger partial charge in [-0.2, -0.15) is 5.10 Å². The molecule has 3 amide bonds. The van der Waals surface area contributed by atoms with Gasteiger partial charge < -0.3 is 5.32 Å². The second-order valence-corrected chi connectivity index (χ2v) is 7.64. The Morgan fingerprint density at radius 2 is 1.74 bits per heavy atom. The van der Waals surface area contributed by atoms with Crippen LogP contribution in [0.2, 0.25) is 0 Å². The highest BCUT2D eigenvalue weighted by Gasteiger charge is 2.35. The number of aryl methyl sites for hydroxylation is 2. The van der Waals surface area contributed by atoms with Gasteiger partial charge in [-0.15, -0.1) is 0 Å². The third kappa shape index (κ3) is 4.55. The number of hydrogen-bond acceptors (Lipinski definition) is 4. The Balaban J connectivity index is 1.35. The summed E-state index contributed by atoms with van der Waals surface area (Å²) < 4.78 is 1.75. The van der Waals surface area contributed by atoms with Crippen LogP contribution in [0.1, 0.15) is 48.6 Å². The largest absolute Gasteiger partial charge is 0.352 e. The molecule has 1 aliphatic rings. The van der Waals surface area contributed by atoms with E-state index in [1.54, 1.807) is 16.8 Å². The third-order valence-electron chi connectivity index (χ3n) is 5.39. The first kappa shape index (κ1) is 20.5. The molecule has 0 atom stereocenters. The second-order valence-electron chi connectivity index (χ2n) is 7.64. The minimum absolute atomic E-state index is 0.253. The number of carbonyl (C=O) groups excluding carboxylic acids is 3. The van der Waals surface area contributed by atoms with Gasteiger partial charge in [0.15, 0.2) is 0 Å². The monoisotopic (exact) mass is 416 g/mol. The predicted molar refractivity (Wildman–Crippen MR) is 116 cm³/mol. The van der Waals surface area contributed by atoms with Gasteiger partial charge >= 0.3 is 0 Å². The highest BCUT2D eigenvalue weighted by molar-refractivity contribution is 6.22. The molecule has 7 nitrogen and oxygen atoms in total. The molecule has 4 rings (SSSR count). The second kappa shape index (κ2) is 8.95. The Morgan fingerprint density at radius 3 is 2.48 bits per heavy atom. The molecule has 0 bridgehead atoms. The fourth-order valence-electron chi connectivity index (χ4n) is 3.72. The van der Waals surface area contributed by atoms with Crippen molar-refractivity contribution in [3.05, 3.63) is 88.7 Å². The fraction of sp³-hybridized carbons (Fsp3) is 0.250. The number of benzene rings is 2. The zero-order valence-corrected chi connectivity index (χ0v) is 17.4. The van der Waals surface area contributed by atoms with E-state index in [0.717, 1.165) is 24.0 Å². The maximum absolute atomic E-state index is 12.8. The van der Waals surface area contributed by atoms with E-state index in [4.69, 9.17) is 0 Å². The Morgan fingerprint density at radius 1 is 0.968 bits per heavy atom. The molecule has 0 aliphatic carbocycles. The summed E-state index contributed by atoms with van der Waals surface area (Å²) in [6.07, 6.45) is 5.97. The summed E-state index contributed by atoms with van der Waals surface area (Å²) in [7, 11) is 1.87. The molecule has 0 unspecified atom stereocenters. The highest BCUT2D eigenvalue weighted by atomic mass is 16.2. The predicted octanol–water partition coefficient (Wildman–Crippen LogP) is 2.62. The molecule has 1 N–H and O–H groups in total. The number of fused-ring (bicyclic) bond motifs is 1. The van der Waals surface area contributed by atoms with Crippen LogP contribution in [0.25, 0.3) is 0 Å². The van der Waals surface area contributed by atoms with Crippen LogP contribution in [0, 0.1) is 0 Å². The van der Waals surface area contributed by atoms with Gasteiger partial charge in [-0.1, -0.05) is 30.3 Å². The lowest BCUT2D eigenvalue weighted by Crippen LogP contribution is -2.31. The van der Waals surface area contributed by atoms with Crippen LogP contribution >= 0.6 is 0 Å². The smallest absolute Gasteiger partial charge is 0.261 e. The average molecular weight is 416 g/mol. The van der Waals surface area contributed by atoms with Crippen LogP contribution < -0.4 is 5.32 Å². The molecule has 0 radical (unpaired) electrons. The van der Waals surface area contributed by atoms with Crippen molar-refractivity contribution in [3.63, 3.8) is 0 Å². The molecule has 1 aromatic heterocycles. The van der Waals surface area contributed by atoms with Crippen LogP contribution in [0.3, 0.4) is 0 Å². The lowest BCUT2D eigenvalue weighted by molar-refractivity contribution is 0.0656. The lowest BCUT2D eigenvalue weighted by Gasteiger charge is -2.13. The van der Waals surface area contributed by atoms with Crippen LogP contribution in [0.15, 0.2) is 60.9 Å². The van der Waals surface area contributed by atoms with Crippen molar-refractivity contribution in [1.82, 2.24) is 20.0 Å². The molecule has 0 saturated carbocycles. The van der Waals surface area contributed by atoms with E-state index >= 15 is 0 Å². The van der Waals surface area contributed by atoms with Crippen LogP contribution in [-0.4, -0.2) is 45.5 Å². The van der Waals surface area contributed by atoms with Crippen molar-refractivity contribution >= 4 is 17.7 Å². The van der Waals surface area contributed by atoms with Gasteiger partial charge in [0.25, 0.3) is 17.7 Å². The van der Waals surface area contributed by atoms with Crippen LogP contribution in [-0.2, 0) is 19.9 Å². The number of nitrogens with one attached hydrogen (secondary N) is 1.